The minimum atomic E-state index is -5.15. The second-order valence-corrected chi connectivity index (χ2v) is 3.99. The van der Waals surface area contributed by atoms with Crippen LogP contribution in [0.5, 0.6) is 0 Å². The maximum absolute atomic E-state index is 10.8. The molecule has 0 saturated heterocycles. The Labute approximate surface area is 107 Å². The second-order valence-electron chi connectivity index (χ2n) is 2.97. The number of hydrogen-bond acceptors (Lipinski definition) is 9. The fraction of sp³-hybridized carbons (Fsp3) is 0.500. The number of aliphatic carboxylic acids is 2. The number of carboxylic acids is 2. The van der Waals surface area contributed by atoms with E-state index in [4.69, 9.17) is 14.8 Å². The van der Waals surface area contributed by atoms with E-state index in [9.17, 15) is 27.9 Å². The number of aliphatic hydroxyl groups is 1. The van der Waals surface area contributed by atoms with Crippen LogP contribution in [0.25, 0.3) is 0 Å². The minimum Gasteiger partial charge on any atom is -0.481 e. The smallest absolute Gasteiger partial charge is 0.448 e. The third kappa shape index (κ3) is 8.86. The van der Waals surface area contributed by atoms with Crippen LogP contribution in [0.4, 0.5) is 0 Å². The molecule has 114 valence electrons. The molecule has 0 aromatic carbocycles. The summed E-state index contributed by atoms with van der Waals surface area (Å²) in [6, 6.07) is 0. The van der Waals surface area contributed by atoms with Gasteiger partial charge in [0.2, 0.25) is 0 Å². The minimum absolute atomic E-state index is 0. The van der Waals surface area contributed by atoms with Crippen LogP contribution in [0.3, 0.4) is 0 Å². The fourth-order valence-electron chi connectivity index (χ4n) is 0.850. The Balaban J connectivity index is -0.00000128. The van der Waals surface area contributed by atoms with Gasteiger partial charge in [0.15, 0.2) is 5.60 Å². The molecule has 0 radical (unpaired) electrons. The molecule has 0 saturated carbocycles. The van der Waals surface area contributed by atoms with Crippen LogP contribution >= 0.6 is 0 Å². The molecule has 0 aliphatic carbocycles. The van der Waals surface area contributed by atoms with Gasteiger partial charge < -0.3 is 31.8 Å². The number of carbonyl (C=O) groups excluding carboxylic acids is 1. The number of rotatable bonds is 6. The zero-order valence-electron chi connectivity index (χ0n) is 9.48. The standard InChI is InChI=1S/C6H8O10S.2H3N/c7-3(8)1-6(12,5(10)11)2-4(9)16-17(13,14)15;;/h12H,1-2H2,(H,7,8)(H,10,11)(H,13,14,15);2*1H3. The highest BCUT2D eigenvalue weighted by Gasteiger charge is 2.42. The molecule has 0 aliphatic heterocycles. The Bertz CT molecular complexity index is 445. The van der Waals surface area contributed by atoms with E-state index in [1.807, 2.05) is 0 Å². The van der Waals surface area contributed by atoms with E-state index in [0.29, 0.717) is 0 Å². The first-order chi connectivity index (χ1) is 7.46. The lowest BCUT2D eigenvalue weighted by Gasteiger charge is -2.19. The predicted molar refractivity (Wildman–Crippen MR) is 57.1 cm³/mol. The fourth-order valence-corrected chi connectivity index (χ4v) is 1.14. The summed E-state index contributed by atoms with van der Waals surface area (Å²) in [6.07, 6.45) is -2.79. The molecule has 1 atom stereocenters. The van der Waals surface area contributed by atoms with Crippen LogP contribution in [0, 0.1) is 0 Å². The summed E-state index contributed by atoms with van der Waals surface area (Å²) >= 11 is 0. The molecule has 0 heterocycles. The zero-order valence-corrected chi connectivity index (χ0v) is 10.3. The third-order valence-electron chi connectivity index (χ3n) is 1.48. The highest BCUT2D eigenvalue weighted by molar-refractivity contribution is 7.81. The largest absolute Gasteiger partial charge is 0.481 e. The maximum Gasteiger partial charge on any atom is 0.448 e. The van der Waals surface area contributed by atoms with Crippen LogP contribution in [-0.4, -0.2) is 51.8 Å². The van der Waals surface area contributed by atoms with Gasteiger partial charge >= 0.3 is 28.3 Å². The topological polar surface area (TPSA) is 245 Å². The third-order valence-corrected chi connectivity index (χ3v) is 1.87. The summed E-state index contributed by atoms with van der Waals surface area (Å²) in [6.45, 7) is 0. The van der Waals surface area contributed by atoms with Gasteiger partial charge in [0, 0.05) is 0 Å². The van der Waals surface area contributed by atoms with Crippen LogP contribution < -0.4 is 12.3 Å². The van der Waals surface area contributed by atoms with Gasteiger partial charge in [-0.2, -0.15) is 8.42 Å². The zero-order chi connectivity index (χ0) is 13.9. The molecule has 0 rings (SSSR count). The van der Waals surface area contributed by atoms with E-state index in [1.54, 1.807) is 0 Å². The van der Waals surface area contributed by atoms with Crippen LogP contribution in [0.15, 0.2) is 0 Å². The normalized spacial score (nSPS) is 13.2. The summed E-state index contributed by atoms with van der Waals surface area (Å²) in [5.74, 6) is -5.58. The maximum atomic E-state index is 10.8. The lowest BCUT2D eigenvalue weighted by atomic mass is 9.96. The van der Waals surface area contributed by atoms with E-state index in [2.05, 4.69) is 4.18 Å². The van der Waals surface area contributed by atoms with E-state index in [0.717, 1.165) is 0 Å². The lowest BCUT2D eigenvalue weighted by Crippen LogP contribution is -2.43. The average Bonchev–Trinajstić information content (AvgIpc) is 1.96. The first kappa shape index (κ1) is 22.4. The molecule has 0 amide bonds. The monoisotopic (exact) mass is 306 g/mol. The average molecular weight is 306 g/mol. The SMILES string of the molecule is N.N.O=C(O)CC(O)(CC(=O)OS(=O)(=O)O)C(=O)O. The van der Waals surface area contributed by atoms with Crippen molar-refractivity contribution in [1.82, 2.24) is 12.3 Å². The van der Waals surface area contributed by atoms with Gasteiger partial charge in [-0.1, -0.05) is 0 Å². The van der Waals surface area contributed by atoms with Crippen LogP contribution in [-0.2, 0) is 29.0 Å². The van der Waals surface area contributed by atoms with Crippen molar-refractivity contribution >= 4 is 28.3 Å². The molecule has 0 spiro atoms. The van der Waals surface area contributed by atoms with Gasteiger partial charge in [-0.3, -0.25) is 14.1 Å². The Morgan fingerprint density at radius 3 is 1.74 bits per heavy atom. The van der Waals surface area contributed by atoms with Crippen molar-refractivity contribution in [3.05, 3.63) is 0 Å². The Kier molecular flexibility index (Phi) is 8.95. The number of carboxylic acid groups (broad SMARTS) is 2. The highest BCUT2D eigenvalue weighted by atomic mass is 32.3. The molecule has 10 N–H and O–H groups in total. The van der Waals surface area contributed by atoms with Crippen molar-refractivity contribution in [3.8, 4) is 0 Å². The lowest BCUT2D eigenvalue weighted by molar-refractivity contribution is -0.169. The first-order valence-corrected chi connectivity index (χ1v) is 5.20. The molecule has 19 heavy (non-hydrogen) atoms. The van der Waals surface area contributed by atoms with E-state index < -0.39 is 46.7 Å². The Morgan fingerprint density at radius 2 is 1.47 bits per heavy atom. The summed E-state index contributed by atoms with van der Waals surface area (Å²) in [5, 5.41) is 26.1. The summed E-state index contributed by atoms with van der Waals surface area (Å²) in [7, 11) is -5.15. The summed E-state index contributed by atoms with van der Waals surface area (Å²) in [4.78, 5) is 31.6. The molecule has 0 aliphatic rings. The van der Waals surface area contributed by atoms with E-state index >= 15 is 0 Å². The van der Waals surface area contributed by atoms with Crippen molar-refractivity contribution in [1.29, 1.82) is 0 Å². The Morgan fingerprint density at radius 1 is 1.05 bits per heavy atom. The van der Waals surface area contributed by atoms with Gasteiger partial charge in [0.05, 0.1) is 12.8 Å². The first-order valence-electron chi connectivity index (χ1n) is 3.83. The summed E-state index contributed by atoms with van der Waals surface area (Å²) in [5.41, 5.74) is -3.02. The van der Waals surface area contributed by atoms with Crippen molar-refractivity contribution in [2.75, 3.05) is 0 Å². The van der Waals surface area contributed by atoms with Gasteiger partial charge in [0.25, 0.3) is 0 Å². The van der Waals surface area contributed by atoms with Crippen molar-refractivity contribution < 1.29 is 46.9 Å². The molecule has 0 bridgehead atoms. The highest BCUT2D eigenvalue weighted by Crippen LogP contribution is 2.17. The second kappa shape index (κ2) is 7.59. The van der Waals surface area contributed by atoms with Crippen molar-refractivity contribution in [2.45, 2.75) is 18.4 Å². The van der Waals surface area contributed by atoms with Crippen LogP contribution in [0.1, 0.15) is 12.8 Å². The van der Waals surface area contributed by atoms with Crippen molar-refractivity contribution in [3.63, 3.8) is 0 Å². The van der Waals surface area contributed by atoms with Gasteiger partial charge in [-0.05, 0) is 0 Å². The Hall–Kier alpha value is -1.80. The molecule has 1 unspecified atom stereocenters. The number of hydrogen-bond donors (Lipinski definition) is 6. The molecule has 0 aromatic rings. The molecule has 13 heteroatoms. The van der Waals surface area contributed by atoms with Gasteiger partial charge in [-0.15, -0.1) is 0 Å². The van der Waals surface area contributed by atoms with Gasteiger partial charge in [0.1, 0.15) is 0 Å². The predicted octanol–water partition coefficient (Wildman–Crippen LogP) is -1.66. The van der Waals surface area contributed by atoms with Crippen LogP contribution in [0.2, 0.25) is 0 Å². The quantitative estimate of drug-likeness (QED) is 0.301. The van der Waals surface area contributed by atoms with Gasteiger partial charge in [-0.25, -0.2) is 4.79 Å². The van der Waals surface area contributed by atoms with Crippen molar-refractivity contribution in [2.24, 2.45) is 0 Å². The molecular weight excluding hydrogens is 292 g/mol. The molecule has 0 aromatic heterocycles. The molecule has 0 fully saturated rings. The van der Waals surface area contributed by atoms with E-state index in [1.165, 1.54) is 0 Å². The molecule has 12 nitrogen and oxygen atoms in total. The molecular formula is C6H14N2O10S. The summed E-state index contributed by atoms with van der Waals surface area (Å²) < 4.78 is 31.6. The number of carbonyl (C=O) groups is 3. The van der Waals surface area contributed by atoms with E-state index in [-0.39, 0.29) is 12.3 Å².